The number of thiazole rings is 1. The predicted molar refractivity (Wildman–Crippen MR) is 73.4 cm³/mol. The van der Waals surface area contributed by atoms with E-state index in [0.717, 1.165) is 20.9 Å². The Labute approximate surface area is 117 Å². The lowest BCUT2D eigenvalue weighted by molar-refractivity contribution is -0.142. The fraction of sp³-hybridized carbons (Fsp3) is 0.250. The van der Waals surface area contributed by atoms with E-state index < -0.39 is 0 Å². The molecule has 0 aromatic carbocycles. The van der Waals surface area contributed by atoms with Gasteiger partial charge in [0.1, 0.15) is 5.01 Å². The first-order valence-corrected chi connectivity index (χ1v) is 7.08. The molecule has 18 heavy (non-hydrogen) atoms. The van der Waals surface area contributed by atoms with Gasteiger partial charge in [-0.05, 0) is 35.0 Å². The van der Waals surface area contributed by atoms with Crippen molar-refractivity contribution in [2.24, 2.45) is 0 Å². The molecule has 2 rings (SSSR count). The zero-order valence-corrected chi connectivity index (χ0v) is 12.1. The predicted octanol–water partition coefficient (Wildman–Crippen LogP) is 3.07. The Morgan fingerprint density at radius 1 is 1.50 bits per heavy atom. The maximum absolute atomic E-state index is 11.3. The van der Waals surface area contributed by atoms with Crippen LogP contribution in [-0.4, -0.2) is 22.5 Å². The van der Waals surface area contributed by atoms with Gasteiger partial charge in [0, 0.05) is 16.0 Å². The highest BCUT2D eigenvalue weighted by Gasteiger charge is 2.10. The second-order valence-corrected chi connectivity index (χ2v) is 5.26. The molecule has 2 heterocycles. The highest BCUT2D eigenvalue weighted by Crippen LogP contribution is 2.23. The van der Waals surface area contributed by atoms with Gasteiger partial charge >= 0.3 is 5.97 Å². The van der Waals surface area contributed by atoms with Crippen molar-refractivity contribution in [2.45, 2.75) is 13.3 Å². The number of ether oxygens (including phenoxy) is 1. The van der Waals surface area contributed by atoms with E-state index in [2.05, 4.69) is 25.9 Å². The van der Waals surface area contributed by atoms with Crippen LogP contribution in [0.5, 0.6) is 0 Å². The molecule has 0 radical (unpaired) electrons. The zero-order valence-electron chi connectivity index (χ0n) is 9.72. The quantitative estimate of drug-likeness (QED) is 0.810. The lowest BCUT2D eigenvalue weighted by Gasteiger charge is -1.98. The number of halogens is 1. The van der Waals surface area contributed by atoms with E-state index in [1.165, 1.54) is 11.3 Å². The molecule has 0 saturated heterocycles. The molecule has 0 aliphatic carbocycles. The van der Waals surface area contributed by atoms with Crippen molar-refractivity contribution in [1.82, 2.24) is 9.97 Å². The van der Waals surface area contributed by atoms with Crippen LogP contribution in [0.15, 0.2) is 28.2 Å². The number of nitrogens with zero attached hydrogens (tertiary/aromatic N) is 2. The fourth-order valence-electron chi connectivity index (χ4n) is 1.37. The Balaban J connectivity index is 2.10. The summed E-state index contributed by atoms with van der Waals surface area (Å²) < 4.78 is 5.81. The SMILES string of the molecule is CCOC(=O)Cc1csc(-c2ccc(Br)cn2)n1. The van der Waals surface area contributed by atoms with Gasteiger partial charge in [-0.15, -0.1) is 11.3 Å². The molecule has 0 unspecified atom stereocenters. The molecule has 0 fully saturated rings. The highest BCUT2D eigenvalue weighted by atomic mass is 79.9. The standard InChI is InChI=1S/C12H11BrN2O2S/c1-2-17-11(16)5-9-7-18-12(15-9)10-4-3-8(13)6-14-10/h3-4,6-7H,2,5H2,1H3. The Bertz CT molecular complexity index is 539. The van der Waals surface area contributed by atoms with E-state index in [1.54, 1.807) is 13.1 Å². The molecule has 2 aromatic heterocycles. The molecule has 0 atom stereocenters. The number of hydrogen-bond donors (Lipinski definition) is 0. The molecule has 0 amide bonds. The number of aromatic nitrogens is 2. The van der Waals surface area contributed by atoms with Gasteiger partial charge in [-0.2, -0.15) is 0 Å². The van der Waals surface area contributed by atoms with Gasteiger partial charge in [-0.3, -0.25) is 9.78 Å². The number of hydrogen-bond acceptors (Lipinski definition) is 5. The summed E-state index contributed by atoms with van der Waals surface area (Å²) >= 11 is 4.80. The van der Waals surface area contributed by atoms with Gasteiger partial charge < -0.3 is 4.74 Å². The summed E-state index contributed by atoms with van der Waals surface area (Å²) in [5.41, 5.74) is 1.52. The van der Waals surface area contributed by atoms with Crippen LogP contribution in [0.25, 0.3) is 10.7 Å². The molecule has 0 aliphatic heterocycles. The molecule has 4 nitrogen and oxygen atoms in total. The lowest BCUT2D eigenvalue weighted by atomic mass is 10.3. The van der Waals surface area contributed by atoms with Crippen molar-refractivity contribution < 1.29 is 9.53 Å². The van der Waals surface area contributed by atoms with E-state index in [9.17, 15) is 4.79 Å². The Morgan fingerprint density at radius 2 is 2.33 bits per heavy atom. The third-order valence-electron chi connectivity index (χ3n) is 2.13. The van der Waals surface area contributed by atoms with Gasteiger partial charge in [-0.25, -0.2) is 4.98 Å². The topological polar surface area (TPSA) is 52.1 Å². The minimum atomic E-state index is -0.252. The maximum Gasteiger partial charge on any atom is 0.311 e. The summed E-state index contributed by atoms with van der Waals surface area (Å²) in [7, 11) is 0. The van der Waals surface area contributed by atoms with Crippen LogP contribution in [0.1, 0.15) is 12.6 Å². The first-order chi connectivity index (χ1) is 8.69. The molecule has 94 valence electrons. The molecule has 0 bridgehead atoms. The largest absolute Gasteiger partial charge is 0.466 e. The van der Waals surface area contributed by atoms with E-state index in [-0.39, 0.29) is 12.4 Å². The first-order valence-electron chi connectivity index (χ1n) is 5.41. The molecular formula is C12H11BrN2O2S. The van der Waals surface area contributed by atoms with Crippen molar-refractivity contribution in [2.75, 3.05) is 6.61 Å². The van der Waals surface area contributed by atoms with Gasteiger partial charge in [0.15, 0.2) is 0 Å². The molecule has 2 aromatic rings. The van der Waals surface area contributed by atoms with Crippen molar-refractivity contribution in [3.63, 3.8) is 0 Å². The van der Waals surface area contributed by atoms with Crippen LogP contribution in [0, 0.1) is 0 Å². The van der Waals surface area contributed by atoms with Crippen LogP contribution in [0.2, 0.25) is 0 Å². The Hall–Kier alpha value is -1.27. The van der Waals surface area contributed by atoms with Crippen LogP contribution in [0.3, 0.4) is 0 Å². The summed E-state index contributed by atoms with van der Waals surface area (Å²) in [6.45, 7) is 2.18. The first kappa shape index (κ1) is 13.2. The van der Waals surface area contributed by atoms with Crippen LogP contribution in [-0.2, 0) is 16.0 Å². The second-order valence-electron chi connectivity index (χ2n) is 3.49. The highest BCUT2D eigenvalue weighted by molar-refractivity contribution is 9.10. The van der Waals surface area contributed by atoms with Crippen molar-refractivity contribution in [3.05, 3.63) is 33.9 Å². The van der Waals surface area contributed by atoms with E-state index >= 15 is 0 Å². The zero-order chi connectivity index (χ0) is 13.0. The van der Waals surface area contributed by atoms with Crippen LogP contribution >= 0.6 is 27.3 Å². The third kappa shape index (κ3) is 3.36. The molecule has 0 N–H and O–H groups in total. The minimum Gasteiger partial charge on any atom is -0.466 e. The van der Waals surface area contributed by atoms with Crippen molar-refractivity contribution >= 4 is 33.2 Å². The second kappa shape index (κ2) is 6.06. The minimum absolute atomic E-state index is 0.209. The summed E-state index contributed by atoms with van der Waals surface area (Å²) in [5.74, 6) is -0.252. The normalized spacial score (nSPS) is 10.3. The number of esters is 1. The molecular weight excluding hydrogens is 316 g/mol. The Kier molecular flexibility index (Phi) is 4.43. The Morgan fingerprint density at radius 3 is 3.00 bits per heavy atom. The number of rotatable bonds is 4. The smallest absolute Gasteiger partial charge is 0.311 e. The van der Waals surface area contributed by atoms with Gasteiger partial charge in [0.2, 0.25) is 0 Å². The van der Waals surface area contributed by atoms with Gasteiger partial charge in [0.05, 0.1) is 24.4 Å². The summed E-state index contributed by atoms with van der Waals surface area (Å²) in [4.78, 5) is 20.0. The van der Waals surface area contributed by atoms with Crippen molar-refractivity contribution in [3.8, 4) is 10.7 Å². The lowest BCUT2D eigenvalue weighted by Crippen LogP contribution is -2.07. The van der Waals surface area contributed by atoms with Gasteiger partial charge in [-0.1, -0.05) is 0 Å². The summed E-state index contributed by atoms with van der Waals surface area (Å²) in [6, 6.07) is 3.80. The number of carbonyl (C=O) groups excluding carboxylic acids is 1. The number of carbonyl (C=O) groups is 1. The van der Waals surface area contributed by atoms with Gasteiger partial charge in [0.25, 0.3) is 0 Å². The average molecular weight is 327 g/mol. The molecule has 6 heteroatoms. The monoisotopic (exact) mass is 326 g/mol. The molecule has 0 saturated carbocycles. The van der Waals surface area contributed by atoms with Crippen LogP contribution < -0.4 is 0 Å². The molecule has 0 aliphatic rings. The average Bonchev–Trinajstić information content (AvgIpc) is 2.78. The maximum atomic E-state index is 11.3. The summed E-state index contributed by atoms with van der Waals surface area (Å²) in [6.07, 6.45) is 1.93. The van der Waals surface area contributed by atoms with Crippen molar-refractivity contribution in [1.29, 1.82) is 0 Å². The van der Waals surface area contributed by atoms with E-state index in [0.29, 0.717) is 6.61 Å². The van der Waals surface area contributed by atoms with E-state index in [4.69, 9.17) is 4.74 Å². The summed E-state index contributed by atoms with van der Waals surface area (Å²) in [5, 5.41) is 2.66. The third-order valence-corrected chi connectivity index (χ3v) is 3.51. The fourth-order valence-corrected chi connectivity index (χ4v) is 2.40. The molecule has 0 spiro atoms. The van der Waals surface area contributed by atoms with E-state index in [1.807, 2.05) is 17.5 Å². The van der Waals surface area contributed by atoms with Crippen LogP contribution in [0.4, 0.5) is 0 Å². The number of pyridine rings is 1.